The maximum Gasteiger partial charge on any atom is 0.251 e. The first-order valence-corrected chi connectivity index (χ1v) is 7.97. The number of carbonyl (C=O) groups is 2. The molecule has 2 amide bonds. The number of hydrogen-bond acceptors (Lipinski definition) is 4. The molecule has 1 aliphatic heterocycles. The standard InChI is InChI=1S/C17H24N2O4/c1-22-11-12-23-10-4-8-18-17(21)14-5-2-6-15(13-14)19-9-3-7-16(19)20/h2,5-6,13H,3-4,7-12H2,1H3,(H,18,21). The number of anilines is 1. The Morgan fingerprint density at radius 1 is 1.30 bits per heavy atom. The van der Waals surface area contributed by atoms with E-state index in [2.05, 4.69) is 5.32 Å². The van der Waals surface area contributed by atoms with Crippen molar-refractivity contribution in [3.63, 3.8) is 0 Å². The van der Waals surface area contributed by atoms with E-state index >= 15 is 0 Å². The molecular formula is C17H24N2O4. The zero-order valence-electron chi connectivity index (χ0n) is 13.5. The number of nitrogens with zero attached hydrogens (tertiary/aromatic N) is 1. The lowest BCUT2D eigenvalue weighted by Gasteiger charge is -2.16. The molecule has 1 fully saturated rings. The predicted octanol–water partition coefficient (Wildman–Crippen LogP) is 1.60. The van der Waals surface area contributed by atoms with Crippen LogP contribution in [0.1, 0.15) is 29.6 Å². The molecule has 126 valence electrons. The Balaban J connectivity index is 1.77. The number of carbonyl (C=O) groups excluding carboxylic acids is 2. The maximum atomic E-state index is 12.2. The summed E-state index contributed by atoms with van der Waals surface area (Å²) in [5.74, 6) is -0.00819. The number of hydrogen-bond donors (Lipinski definition) is 1. The zero-order valence-corrected chi connectivity index (χ0v) is 13.5. The van der Waals surface area contributed by atoms with E-state index < -0.39 is 0 Å². The van der Waals surface area contributed by atoms with Crippen molar-refractivity contribution in [2.45, 2.75) is 19.3 Å². The van der Waals surface area contributed by atoms with Crippen LogP contribution in [-0.4, -0.2) is 51.8 Å². The summed E-state index contributed by atoms with van der Waals surface area (Å²) in [5, 5.41) is 2.87. The van der Waals surface area contributed by atoms with Gasteiger partial charge in [0.1, 0.15) is 0 Å². The van der Waals surface area contributed by atoms with Crippen molar-refractivity contribution in [2.24, 2.45) is 0 Å². The highest BCUT2D eigenvalue weighted by Crippen LogP contribution is 2.22. The summed E-state index contributed by atoms with van der Waals surface area (Å²) in [6.45, 7) is 3.01. The van der Waals surface area contributed by atoms with Gasteiger partial charge in [-0.3, -0.25) is 9.59 Å². The smallest absolute Gasteiger partial charge is 0.251 e. The SMILES string of the molecule is COCCOCCCNC(=O)c1cccc(N2CCCC2=O)c1. The molecule has 0 aliphatic carbocycles. The molecule has 1 aliphatic rings. The molecule has 1 aromatic carbocycles. The Kier molecular flexibility index (Phi) is 7.03. The number of methoxy groups -OCH3 is 1. The molecule has 0 bridgehead atoms. The first-order chi connectivity index (χ1) is 11.2. The third kappa shape index (κ3) is 5.33. The van der Waals surface area contributed by atoms with Crippen LogP contribution in [0.5, 0.6) is 0 Å². The molecule has 0 aromatic heterocycles. The number of benzene rings is 1. The van der Waals surface area contributed by atoms with Crippen molar-refractivity contribution in [2.75, 3.05) is 44.9 Å². The number of nitrogens with one attached hydrogen (secondary N) is 1. The summed E-state index contributed by atoms with van der Waals surface area (Å²) >= 11 is 0. The lowest BCUT2D eigenvalue weighted by Crippen LogP contribution is -2.27. The Morgan fingerprint density at radius 2 is 2.17 bits per heavy atom. The molecule has 1 saturated heterocycles. The van der Waals surface area contributed by atoms with E-state index in [9.17, 15) is 9.59 Å². The van der Waals surface area contributed by atoms with Gasteiger partial charge in [-0.15, -0.1) is 0 Å². The average molecular weight is 320 g/mol. The third-order valence-electron chi connectivity index (χ3n) is 3.68. The van der Waals surface area contributed by atoms with Gasteiger partial charge in [-0.05, 0) is 31.0 Å². The van der Waals surface area contributed by atoms with Crippen molar-refractivity contribution in [1.82, 2.24) is 5.32 Å². The Morgan fingerprint density at radius 3 is 2.91 bits per heavy atom. The summed E-state index contributed by atoms with van der Waals surface area (Å²) in [6, 6.07) is 7.20. The second-order valence-electron chi connectivity index (χ2n) is 5.41. The quantitative estimate of drug-likeness (QED) is 0.702. The highest BCUT2D eigenvalue weighted by atomic mass is 16.5. The summed E-state index contributed by atoms with van der Waals surface area (Å²) < 4.78 is 10.2. The molecule has 6 nitrogen and oxygen atoms in total. The van der Waals surface area contributed by atoms with Gasteiger partial charge in [0.2, 0.25) is 5.91 Å². The molecule has 6 heteroatoms. The maximum absolute atomic E-state index is 12.2. The monoisotopic (exact) mass is 320 g/mol. The first kappa shape index (κ1) is 17.4. The van der Waals surface area contributed by atoms with E-state index in [1.54, 1.807) is 24.1 Å². The highest BCUT2D eigenvalue weighted by Gasteiger charge is 2.22. The largest absolute Gasteiger partial charge is 0.382 e. The number of ether oxygens (including phenoxy) is 2. The topological polar surface area (TPSA) is 67.9 Å². The fraction of sp³-hybridized carbons (Fsp3) is 0.529. The fourth-order valence-corrected chi connectivity index (χ4v) is 2.46. The van der Waals surface area contributed by atoms with Crippen LogP contribution in [0.4, 0.5) is 5.69 Å². The summed E-state index contributed by atoms with van der Waals surface area (Å²) in [6.07, 6.45) is 2.21. The van der Waals surface area contributed by atoms with Crippen molar-refractivity contribution >= 4 is 17.5 Å². The molecule has 0 atom stereocenters. The molecule has 0 unspecified atom stereocenters. The number of amides is 2. The second-order valence-corrected chi connectivity index (χ2v) is 5.41. The van der Waals surface area contributed by atoms with E-state index in [-0.39, 0.29) is 11.8 Å². The van der Waals surface area contributed by atoms with Gasteiger partial charge in [-0.1, -0.05) is 6.07 Å². The second kappa shape index (κ2) is 9.27. The molecule has 2 rings (SSSR count). The Labute approximate surface area is 136 Å². The van der Waals surface area contributed by atoms with Crippen molar-refractivity contribution in [3.05, 3.63) is 29.8 Å². The minimum atomic E-state index is -0.129. The van der Waals surface area contributed by atoms with E-state index in [1.165, 1.54) is 0 Å². The zero-order chi connectivity index (χ0) is 16.5. The van der Waals surface area contributed by atoms with Gasteiger partial charge in [0.15, 0.2) is 0 Å². The van der Waals surface area contributed by atoms with Crippen molar-refractivity contribution in [3.8, 4) is 0 Å². The minimum absolute atomic E-state index is 0.121. The van der Waals surface area contributed by atoms with Gasteiger partial charge < -0.3 is 19.7 Å². The summed E-state index contributed by atoms with van der Waals surface area (Å²) in [5.41, 5.74) is 1.37. The molecule has 1 aromatic rings. The molecule has 0 saturated carbocycles. The fourth-order valence-electron chi connectivity index (χ4n) is 2.46. The van der Waals surface area contributed by atoms with Gasteiger partial charge in [-0.2, -0.15) is 0 Å². The third-order valence-corrected chi connectivity index (χ3v) is 3.68. The highest BCUT2D eigenvalue weighted by molar-refractivity contribution is 5.99. The number of rotatable bonds is 9. The molecule has 1 heterocycles. The van der Waals surface area contributed by atoms with Gasteiger partial charge in [0, 0.05) is 44.5 Å². The Bertz CT molecular complexity index is 533. The first-order valence-electron chi connectivity index (χ1n) is 7.97. The summed E-state index contributed by atoms with van der Waals surface area (Å²) in [7, 11) is 1.63. The molecule has 1 N–H and O–H groups in total. The van der Waals surface area contributed by atoms with E-state index in [4.69, 9.17) is 9.47 Å². The van der Waals surface area contributed by atoms with Gasteiger partial charge in [0.25, 0.3) is 5.91 Å². The van der Waals surface area contributed by atoms with Crippen LogP contribution in [0, 0.1) is 0 Å². The van der Waals surface area contributed by atoms with E-state index in [1.807, 2.05) is 12.1 Å². The molecule has 0 spiro atoms. The van der Waals surface area contributed by atoms with Gasteiger partial charge in [0.05, 0.1) is 13.2 Å². The van der Waals surface area contributed by atoms with Crippen molar-refractivity contribution in [1.29, 1.82) is 0 Å². The van der Waals surface area contributed by atoms with Crippen molar-refractivity contribution < 1.29 is 19.1 Å². The minimum Gasteiger partial charge on any atom is -0.382 e. The van der Waals surface area contributed by atoms with Crippen LogP contribution < -0.4 is 10.2 Å². The van der Waals surface area contributed by atoms with Crippen LogP contribution in [0.2, 0.25) is 0 Å². The van der Waals surface area contributed by atoms with Gasteiger partial charge in [-0.25, -0.2) is 0 Å². The normalized spacial score (nSPS) is 14.3. The van der Waals surface area contributed by atoms with Crippen LogP contribution in [0.25, 0.3) is 0 Å². The molecule has 23 heavy (non-hydrogen) atoms. The van der Waals surface area contributed by atoms with Crippen LogP contribution in [-0.2, 0) is 14.3 Å². The van der Waals surface area contributed by atoms with Crippen LogP contribution >= 0.6 is 0 Å². The Hall–Kier alpha value is -1.92. The van der Waals surface area contributed by atoms with E-state index in [0.717, 1.165) is 25.1 Å². The van der Waals surface area contributed by atoms with Crippen LogP contribution in [0.3, 0.4) is 0 Å². The lowest BCUT2D eigenvalue weighted by molar-refractivity contribution is -0.117. The average Bonchev–Trinajstić information content (AvgIpc) is 3.00. The molecular weight excluding hydrogens is 296 g/mol. The molecule has 0 radical (unpaired) electrons. The predicted molar refractivity (Wildman–Crippen MR) is 87.7 cm³/mol. The van der Waals surface area contributed by atoms with Gasteiger partial charge >= 0.3 is 0 Å². The van der Waals surface area contributed by atoms with E-state index in [0.29, 0.717) is 38.3 Å². The summed E-state index contributed by atoms with van der Waals surface area (Å²) in [4.78, 5) is 25.7. The lowest BCUT2D eigenvalue weighted by atomic mass is 10.1. The van der Waals surface area contributed by atoms with Crippen LogP contribution in [0.15, 0.2) is 24.3 Å².